The number of anilines is 1. The lowest BCUT2D eigenvalue weighted by atomic mass is 10.2. The maximum Gasteiger partial charge on any atom is 0.225 e. The molecule has 0 spiro atoms. The molecule has 22 heavy (non-hydrogen) atoms. The van der Waals surface area contributed by atoms with Crippen LogP contribution >= 0.6 is 0 Å². The number of morpholine rings is 1. The third-order valence-electron chi connectivity index (χ3n) is 3.46. The molecule has 7 heteroatoms. The summed E-state index contributed by atoms with van der Waals surface area (Å²) < 4.78 is 32.0. The van der Waals surface area contributed by atoms with Crippen LogP contribution in [0.25, 0.3) is 0 Å². The second-order valence-corrected chi connectivity index (χ2v) is 5.10. The first-order valence-electron chi connectivity index (χ1n) is 7.41. The van der Waals surface area contributed by atoms with Crippen molar-refractivity contribution in [1.29, 1.82) is 0 Å². The van der Waals surface area contributed by atoms with Gasteiger partial charge < -0.3 is 15.4 Å². The molecule has 1 fully saturated rings. The number of hydrogen-bond donors (Lipinski definition) is 2. The lowest BCUT2D eigenvalue weighted by Crippen LogP contribution is -2.40. The van der Waals surface area contributed by atoms with E-state index in [1.807, 2.05) is 0 Å². The topological polar surface area (TPSA) is 53.6 Å². The molecule has 1 aliphatic rings. The molecule has 122 valence electrons. The van der Waals surface area contributed by atoms with Gasteiger partial charge in [-0.25, -0.2) is 8.78 Å². The average Bonchev–Trinajstić information content (AvgIpc) is 2.52. The Labute approximate surface area is 128 Å². The number of amides is 1. The molecule has 2 N–H and O–H groups in total. The SMILES string of the molecule is O=C(CCNCCN1CCOCC1)Nc1c(F)cccc1F. The van der Waals surface area contributed by atoms with Crippen molar-refractivity contribution in [3.63, 3.8) is 0 Å². The van der Waals surface area contributed by atoms with Crippen LogP contribution in [-0.4, -0.2) is 56.7 Å². The van der Waals surface area contributed by atoms with Gasteiger partial charge in [0.25, 0.3) is 0 Å². The lowest BCUT2D eigenvalue weighted by molar-refractivity contribution is -0.116. The molecule has 0 atom stereocenters. The fourth-order valence-corrected chi connectivity index (χ4v) is 2.21. The number of para-hydroxylation sites is 1. The molecule has 2 rings (SSSR count). The second kappa shape index (κ2) is 8.77. The summed E-state index contributed by atoms with van der Waals surface area (Å²) in [5, 5.41) is 5.41. The highest BCUT2D eigenvalue weighted by Crippen LogP contribution is 2.17. The third kappa shape index (κ3) is 5.32. The van der Waals surface area contributed by atoms with E-state index in [2.05, 4.69) is 15.5 Å². The average molecular weight is 313 g/mol. The van der Waals surface area contributed by atoms with E-state index in [-0.39, 0.29) is 12.1 Å². The van der Waals surface area contributed by atoms with Crippen molar-refractivity contribution in [3.8, 4) is 0 Å². The molecule has 1 aromatic rings. The van der Waals surface area contributed by atoms with E-state index >= 15 is 0 Å². The lowest BCUT2D eigenvalue weighted by Gasteiger charge is -2.26. The largest absolute Gasteiger partial charge is 0.379 e. The van der Waals surface area contributed by atoms with Gasteiger partial charge in [-0.2, -0.15) is 0 Å². The van der Waals surface area contributed by atoms with Crippen molar-refractivity contribution in [3.05, 3.63) is 29.8 Å². The molecule has 5 nitrogen and oxygen atoms in total. The van der Waals surface area contributed by atoms with Crippen LogP contribution in [-0.2, 0) is 9.53 Å². The van der Waals surface area contributed by atoms with Crippen LogP contribution in [0.3, 0.4) is 0 Å². The molecule has 0 bridgehead atoms. The highest BCUT2D eigenvalue weighted by atomic mass is 19.1. The molecule has 0 saturated carbocycles. The monoisotopic (exact) mass is 313 g/mol. The van der Waals surface area contributed by atoms with E-state index in [9.17, 15) is 13.6 Å². The molecular weight excluding hydrogens is 292 g/mol. The first-order valence-corrected chi connectivity index (χ1v) is 7.41. The van der Waals surface area contributed by atoms with Gasteiger partial charge >= 0.3 is 0 Å². The number of nitrogens with one attached hydrogen (secondary N) is 2. The van der Waals surface area contributed by atoms with E-state index in [0.717, 1.165) is 51.5 Å². The Bertz CT molecular complexity index is 473. The van der Waals surface area contributed by atoms with Gasteiger partial charge in [0.2, 0.25) is 5.91 Å². The Balaban J connectivity index is 1.61. The van der Waals surface area contributed by atoms with E-state index < -0.39 is 17.5 Å². The zero-order chi connectivity index (χ0) is 15.8. The predicted molar refractivity (Wildman–Crippen MR) is 79.7 cm³/mol. The van der Waals surface area contributed by atoms with Crippen molar-refractivity contribution < 1.29 is 18.3 Å². The van der Waals surface area contributed by atoms with Gasteiger partial charge in [0.05, 0.1) is 13.2 Å². The Morgan fingerprint density at radius 2 is 1.86 bits per heavy atom. The first kappa shape index (κ1) is 16.8. The van der Waals surface area contributed by atoms with E-state index in [1.54, 1.807) is 0 Å². The van der Waals surface area contributed by atoms with Crippen LogP contribution in [0.2, 0.25) is 0 Å². The van der Waals surface area contributed by atoms with Gasteiger partial charge in [0.15, 0.2) is 0 Å². The maximum atomic E-state index is 13.4. The normalized spacial score (nSPS) is 15.7. The van der Waals surface area contributed by atoms with Crippen LogP contribution in [0.5, 0.6) is 0 Å². The van der Waals surface area contributed by atoms with Crippen LogP contribution < -0.4 is 10.6 Å². The predicted octanol–water partition coefficient (Wildman–Crippen LogP) is 1.22. The quantitative estimate of drug-likeness (QED) is 0.743. The highest BCUT2D eigenvalue weighted by molar-refractivity contribution is 5.91. The fourth-order valence-electron chi connectivity index (χ4n) is 2.21. The number of ether oxygens (including phenoxy) is 1. The third-order valence-corrected chi connectivity index (χ3v) is 3.46. The van der Waals surface area contributed by atoms with Gasteiger partial charge in [-0.15, -0.1) is 0 Å². The molecule has 0 aromatic heterocycles. The summed E-state index contributed by atoms with van der Waals surface area (Å²) >= 11 is 0. The highest BCUT2D eigenvalue weighted by Gasteiger charge is 2.12. The Morgan fingerprint density at radius 3 is 2.55 bits per heavy atom. The zero-order valence-electron chi connectivity index (χ0n) is 12.4. The second-order valence-electron chi connectivity index (χ2n) is 5.10. The minimum atomic E-state index is -0.770. The standard InChI is InChI=1S/C15H21F2N3O2/c16-12-2-1-3-13(17)15(12)19-14(21)4-5-18-6-7-20-8-10-22-11-9-20/h1-3,18H,4-11H2,(H,19,21). The molecule has 1 saturated heterocycles. The minimum absolute atomic E-state index is 0.164. The Hall–Kier alpha value is -1.57. The van der Waals surface area contributed by atoms with E-state index in [0.29, 0.717) is 6.54 Å². The van der Waals surface area contributed by atoms with Gasteiger partial charge in [-0.1, -0.05) is 6.07 Å². The van der Waals surface area contributed by atoms with Crippen LogP contribution in [0, 0.1) is 11.6 Å². The number of hydrogen-bond acceptors (Lipinski definition) is 4. The number of halogens is 2. The van der Waals surface area contributed by atoms with Gasteiger partial charge in [0.1, 0.15) is 17.3 Å². The number of carbonyl (C=O) groups excluding carboxylic acids is 1. The molecule has 0 unspecified atom stereocenters. The number of rotatable bonds is 7. The number of carbonyl (C=O) groups is 1. The zero-order valence-corrected chi connectivity index (χ0v) is 12.4. The van der Waals surface area contributed by atoms with E-state index in [4.69, 9.17) is 4.74 Å². The van der Waals surface area contributed by atoms with Crippen LogP contribution in [0.15, 0.2) is 18.2 Å². The van der Waals surface area contributed by atoms with Crippen molar-refractivity contribution in [2.75, 3.05) is 51.3 Å². The van der Waals surface area contributed by atoms with E-state index in [1.165, 1.54) is 6.07 Å². The summed E-state index contributed by atoms with van der Waals surface area (Å²) in [6.45, 7) is 5.50. The first-order chi connectivity index (χ1) is 10.7. The molecule has 0 radical (unpaired) electrons. The molecule has 1 amide bonds. The minimum Gasteiger partial charge on any atom is -0.379 e. The van der Waals surface area contributed by atoms with Gasteiger partial charge in [-0.3, -0.25) is 9.69 Å². The van der Waals surface area contributed by atoms with Crippen molar-refractivity contribution in [2.24, 2.45) is 0 Å². The van der Waals surface area contributed by atoms with Crippen molar-refractivity contribution >= 4 is 11.6 Å². The molecule has 1 heterocycles. The summed E-state index contributed by atoms with van der Waals surface area (Å²) in [5.41, 5.74) is -0.388. The molecule has 0 aliphatic carbocycles. The maximum absolute atomic E-state index is 13.4. The molecule has 1 aromatic carbocycles. The summed E-state index contributed by atoms with van der Waals surface area (Å²) in [5.74, 6) is -1.95. The van der Waals surface area contributed by atoms with Crippen molar-refractivity contribution in [2.45, 2.75) is 6.42 Å². The van der Waals surface area contributed by atoms with Crippen molar-refractivity contribution in [1.82, 2.24) is 10.2 Å². The van der Waals surface area contributed by atoms with Gasteiger partial charge in [-0.05, 0) is 12.1 Å². The molecular formula is C15H21F2N3O2. The Kier molecular flexibility index (Phi) is 6.70. The fraction of sp³-hybridized carbons (Fsp3) is 0.533. The summed E-state index contributed by atoms with van der Waals surface area (Å²) in [7, 11) is 0. The summed E-state index contributed by atoms with van der Waals surface area (Å²) in [6.07, 6.45) is 0.164. The smallest absolute Gasteiger partial charge is 0.225 e. The number of nitrogens with zero attached hydrogens (tertiary/aromatic N) is 1. The number of benzene rings is 1. The summed E-state index contributed by atoms with van der Waals surface area (Å²) in [6, 6.07) is 3.48. The van der Waals surface area contributed by atoms with Gasteiger partial charge in [0, 0.05) is 39.1 Å². The summed E-state index contributed by atoms with van der Waals surface area (Å²) in [4.78, 5) is 14.0. The van der Waals surface area contributed by atoms with Crippen LogP contribution in [0.4, 0.5) is 14.5 Å². The molecule has 1 aliphatic heterocycles. The Morgan fingerprint density at radius 1 is 1.18 bits per heavy atom. The van der Waals surface area contributed by atoms with Crippen LogP contribution in [0.1, 0.15) is 6.42 Å².